The normalized spacial score (nSPS) is 12.1. The van der Waals surface area contributed by atoms with E-state index in [0.717, 1.165) is 0 Å². The number of aromatic nitrogens is 3. The average molecular weight is 393 g/mol. The van der Waals surface area contributed by atoms with Crippen LogP contribution in [0.3, 0.4) is 0 Å². The topological polar surface area (TPSA) is 88.9 Å². The van der Waals surface area contributed by atoms with Crippen LogP contribution in [0.25, 0.3) is 11.4 Å². The zero-order valence-electron chi connectivity index (χ0n) is 15.8. The molecule has 0 bridgehead atoms. The summed E-state index contributed by atoms with van der Waals surface area (Å²) in [5, 5.41) is 13.0. The Labute approximate surface area is 162 Å². The SMILES string of the molecule is CCNC(=O)NC(=O)C(C)Sc1nnc(-c2ccccc2F)n1CC(C)C. The van der Waals surface area contributed by atoms with Gasteiger partial charge in [0.2, 0.25) is 5.91 Å². The summed E-state index contributed by atoms with van der Waals surface area (Å²) < 4.78 is 16.0. The lowest BCUT2D eigenvalue weighted by molar-refractivity contribution is -0.119. The number of hydrogen-bond acceptors (Lipinski definition) is 5. The van der Waals surface area contributed by atoms with E-state index in [2.05, 4.69) is 20.8 Å². The van der Waals surface area contributed by atoms with E-state index in [9.17, 15) is 14.0 Å². The van der Waals surface area contributed by atoms with Crippen molar-refractivity contribution in [2.45, 2.75) is 44.6 Å². The molecule has 0 aliphatic carbocycles. The van der Waals surface area contributed by atoms with Gasteiger partial charge < -0.3 is 9.88 Å². The van der Waals surface area contributed by atoms with Crippen LogP contribution in [0.15, 0.2) is 29.4 Å². The molecular weight excluding hydrogens is 369 g/mol. The first kappa shape index (κ1) is 20.9. The summed E-state index contributed by atoms with van der Waals surface area (Å²) >= 11 is 1.18. The maximum absolute atomic E-state index is 14.2. The van der Waals surface area contributed by atoms with Crippen molar-refractivity contribution in [3.05, 3.63) is 30.1 Å². The summed E-state index contributed by atoms with van der Waals surface area (Å²) in [4.78, 5) is 23.7. The lowest BCUT2D eigenvalue weighted by Gasteiger charge is -2.15. The first-order valence-corrected chi connectivity index (χ1v) is 9.64. The standard InChI is InChI=1S/C18H24FN5O2S/c1-5-20-17(26)21-16(25)12(4)27-18-23-22-15(24(18)10-11(2)3)13-8-6-7-9-14(13)19/h6-9,11-12H,5,10H2,1-4H3,(H2,20,21,25,26). The number of benzene rings is 1. The maximum Gasteiger partial charge on any atom is 0.321 e. The number of nitrogens with one attached hydrogen (secondary N) is 2. The number of rotatable bonds is 7. The van der Waals surface area contributed by atoms with Crippen LogP contribution in [0.4, 0.5) is 9.18 Å². The second kappa shape index (κ2) is 9.50. The minimum Gasteiger partial charge on any atom is -0.338 e. The van der Waals surface area contributed by atoms with E-state index in [0.29, 0.717) is 29.6 Å². The number of amides is 3. The predicted octanol–water partition coefficient (Wildman–Crippen LogP) is 3.07. The molecule has 0 aliphatic heterocycles. The zero-order valence-corrected chi connectivity index (χ0v) is 16.6. The number of halogens is 1. The van der Waals surface area contributed by atoms with E-state index in [-0.39, 0.29) is 11.7 Å². The molecular formula is C18H24FN5O2S. The Bertz CT molecular complexity index is 809. The van der Waals surface area contributed by atoms with Crippen LogP contribution in [-0.4, -0.2) is 38.5 Å². The second-order valence-electron chi connectivity index (χ2n) is 6.40. The fraction of sp³-hybridized carbons (Fsp3) is 0.444. The van der Waals surface area contributed by atoms with Gasteiger partial charge in [-0.2, -0.15) is 0 Å². The van der Waals surface area contributed by atoms with E-state index >= 15 is 0 Å². The summed E-state index contributed by atoms with van der Waals surface area (Å²) in [5.41, 5.74) is 0.358. The van der Waals surface area contributed by atoms with Crippen molar-refractivity contribution in [2.24, 2.45) is 5.92 Å². The highest BCUT2D eigenvalue weighted by Gasteiger charge is 2.23. The number of nitrogens with zero attached hydrogens (tertiary/aromatic N) is 3. The van der Waals surface area contributed by atoms with Crippen molar-refractivity contribution in [3.8, 4) is 11.4 Å². The van der Waals surface area contributed by atoms with Crippen molar-refractivity contribution in [1.82, 2.24) is 25.4 Å². The summed E-state index contributed by atoms with van der Waals surface area (Å²) in [7, 11) is 0. The highest BCUT2D eigenvalue weighted by Crippen LogP contribution is 2.29. The second-order valence-corrected chi connectivity index (χ2v) is 7.71. The zero-order chi connectivity index (χ0) is 20.0. The molecule has 1 aromatic heterocycles. The van der Waals surface area contributed by atoms with Gasteiger partial charge in [0, 0.05) is 13.1 Å². The third-order valence-electron chi connectivity index (χ3n) is 3.60. The van der Waals surface area contributed by atoms with Crippen LogP contribution in [0.1, 0.15) is 27.7 Å². The van der Waals surface area contributed by atoms with Crippen molar-refractivity contribution in [3.63, 3.8) is 0 Å². The third kappa shape index (κ3) is 5.53. The van der Waals surface area contributed by atoms with Gasteiger partial charge in [-0.15, -0.1) is 10.2 Å². The van der Waals surface area contributed by atoms with Crippen LogP contribution < -0.4 is 10.6 Å². The van der Waals surface area contributed by atoms with Gasteiger partial charge in [0.1, 0.15) is 5.82 Å². The molecule has 3 amide bonds. The number of carbonyl (C=O) groups is 2. The Morgan fingerprint density at radius 2 is 1.93 bits per heavy atom. The fourth-order valence-electron chi connectivity index (χ4n) is 2.38. The van der Waals surface area contributed by atoms with Crippen molar-refractivity contribution < 1.29 is 14.0 Å². The van der Waals surface area contributed by atoms with Gasteiger partial charge >= 0.3 is 6.03 Å². The molecule has 0 fully saturated rings. The Morgan fingerprint density at radius 1 is 1.22 bits per heavy atom. The first-order valence-electron chi connectivity index (χ1n) is 8.76. The number of thioether (sulfide) groups is 1. The number of hydrogen-bond donors (Lipinski definition) is 2. The van der Waals surface area contributed by atoms with Gasteiger partial charge in [0.05, 0.1) is 10.8 Å². The number of imide groups is 1. The molecule has 1 unspecified atom stereocenters. The molecule has 27 heavy (non-hydrogen) atoms. The molecule has 0 saturated carbocycles. The molecule has 0 saturated heterocycles. The van der Waals surface area contributed by atoms with Crippen molar-refractivity contribution in [2.75, 3.05) is 6.54 Å². The summed E-state index contributed by atoms with van der Waals surface area (Å²) in [6.45, 7) is 8.51. The lowest BCUT2D eigenvalue weighted by Crippen LogP contribution is -2.42. The highest BCUT2D eigenvalue weighted by atomic mass is 32.2. The molecule has 7 nitrogen and oxygen atoms in total. The average Bonchev–Trinajstić information content (AvgIpc) is 2.97. The minimum atomic E-state index is -0.573. The summed E-state index contributed by atoms with van der Waals surface area (Å²) in [6.07, 6.45) is 0. The number of carbonyl (C=O) groups excluding carboxylic acids is 2. The van der Waals surface area contributed by atoms with E-state index < -0.39 is 17.2 Å². The van der Waals surface area contributed by atoms with Crippen LogP contribution in [0.5, 0.6) is 0 Å². The minimum absolute atomic E-state index is 0.269. The molecule has 146 valence electrons. The van der Waals surface area contributed by atoms with Crippen molar-refractivity contribution in [1.29, 1.82) is 0 Å². The van der Waals surface area contributed by atoms with E-state index in [1.807, 2.05) is 18.4 Å². The van der Waals surface area contributed by atoms with Gasteiger partial charge in [-0.25, -0.2) is 9.18 Å². The Morgan fingerprint density at radius 3 is 2.56 bits per heavy atom. The molecule has 1 aromatic carbocycles. The van der Waals surface area contributed by atoms with Crippen molar-refractivity contribution >= 4 is 23.7 Å². The van der Waals surface area contributed by atoms with Gasteiger partial charge in [0.25, 0.3) is 0 Å². The summed E-state index contributed by atoms with van der Waals surface area (Å²) in [6, 6.07) is 5.84. The quantitative estimate of drug-likeness (QED) is 0.706. The molecule has 0 aliphatic rings. The van der Waals surface area contributed by atoms with Gasteiger partial charge in [-0.05, 0) is 31.9 Å². The number of urea groups is 1. The third-order valence-corrected chi connectivity index (χ3v) is 4.69. The molecule has 0 spiro atoms. The molecule has 2 N–H and O–H groups in total. The van der Waals surface area contributed by atoms with Crippen LogP contribution in [-0.2, 0) is 11.3 Å². The molecule has 1 heterocycles. The van der Waals surface area contributed by atoms with Gasteiger partial charge in [0.15, 0.2) is 11.0 Å². The largest absolute Gasteiger partial charge is 0.338 e. The molecule has 2 rings (SSSR count). The maximum atomic E-state index is 14.2. The van der Waals surface area contributed by atoms with Gasteiger partial charge in [-0.1, -0.05) is 37.7 Å². The Kier molecular flexibility index (Phi) is 7.35. The highest BCUT2D eigenvalue weighted by molar-refractivity contribution is 8.00. The van der Waals surface area contributed by atoms with Crippen LogP contribution in [0, 0.1) is 11.7 Å². The molecule has 9 heteroatoms. The Hall–Kier alpha value is -2.42. The Balaban J connectivity index is 2.25. The van der Waals surface area contributed by atoms with E-state index in [4.69, 9.17) is 0 Å². The molecule has 0 radical (unpaired) electrons. The van der Waals surface area contributed by atoms with Gasteiger partial charge in [-0.3, -0.25) is 10.1 Å². The fourth-order valence-corrected chi connectivity index (χ4v) is 3.24. The first-order chi connectivity index (χ1) is 12.8. The van der Waals surface area contributed by atoms with E-state index in [1.165, 1.54) is 17.8 Å². The van der Waals surface area contributed by atoms with Crippen LogP contribution in [0.2, 0.25) is 0 Å². The van der Waals surface area contributed by atoms with E-state index in [1.54, 1.807) is 32.0 Å². The molecule has 1 atom stereocenters. The lowest BCUT2D eigenvalue weighted by atomic mass is 10.2. The summed E-state index contributed by atoms with van der Waals surface area (Å²) in [5.74, 6) is -0.128. The smallest absolute Gasteiger partial charge is 0.321 e. The monoisotopic (exact) mass is 393 g/mol. The molecule has 2 aromatic rings. The van der Waals surface area contributed by atoms with Crippen LogP contribution >= 0.6 is 11.8 Å². The predicted molar refractivity (Wildman–Crippen MR) is 103 cm³/mol.